The van der Waals surface area contributed by atoms with E-state index in [2.05, 4.69) is 0 Å². The van der Waals surface area contributed by atoms with Gasteiger partial charge in [-0.2, -0.15) is 0 Å². The van der Waals surface area contributed by atoms with E-state index in [0.717, 1.165) is 6.07 Å². The van der Waals surface area contributed by atoms with Crippen molar-refractivity contribution < 1.29 is 14.3 Å². The van der Waals surface area contributed by atoms with Crippen molar-refractivity contribution >= 4 is 28.6 Å². The van der Waals surface area contributed by atoms with Crippen LogP contribution < -0.4 is 5.73 Å². The highest BCUT2D eigenvalue weighted by molar-refractivity contribution is 14.1. The Morgan fingerprint density at radius 1 is 1.62 bits per heavy atom. The molecule has 0 saturated carbocycles. The summed E-state index contributed by atoms with van der Waals surface area (Å²) in [6.45, 7) is 0. The third kappa shape index (κ3) is 2.38. The molecule has 1 atom stereocenters. The number of halogens is 2. The number of rotatable bonds is 2. The molecule has 0 heterocycles. The van der Waals surface area contributed by atoms with Crippen molar-refractivity contribution in [2.75, 3.05) is 0 Å². The zero-order valence-electron chi connectivity index (χ0n) is 6.50. The third-order valence-corrected chi connectivity index (χ3v) is 2.54. The molecule has 0 bridgehead atoms. The average Bonchev–Trinajstić information content (AvgIpc) is 2.08. The number of carboxylic acid groups (broad SMARTS) is 1. The van der Waals surface area contributed by atoms with Crippen LogP contribution in [0, 0.1) is 9.39 Å². The van der Waals surface area contributed by atoms with Crippen LogP contribution in [-0.2, 0) is 4.79 Å². The smallest absolute Gasteiger partial charge is 0.325 e. The molecule has 13 heavy (non-hydrogen) atoms. The van der Waals surface area contributed by atoms with Gasteiger partial charge in [-0.25, -0.2) is 4.39 Å². The lowest BCUT2D eigenvalue weighted by Crippen LogP contribution is -2.21. The van der Waals surface area contributed by atoms with Gasteiger partial charge in [-0.1, -0.05) is 0 Å². The van der Waals surface area contributed by atoms with Crippen LogP contribution >= 0.6 is 22.6 Å². The summed E-state index contributed by atoms with van der Waals surface area (Å²) in [7, 11) is 0. The first kappa shape index (κ1) is 10.4. The Morgan fingerprint density at radius 2 is 2.23 bits per heavy atom. The molecule has 0 amide bonds. The Hall–Kier alpha value is -0.690. The van der Waals surface area contributed by atoms with Crippen LogP contribution in [0.15, 0.2) is 18.2 Å². The predicted octanol–water partition coefficient (Wildman–Crippen LogP) is 1.51. The number of aliphatic carboxylic acids is 1. The van der Waals surface area contributed by atoms with Crippen molar-refractivity contribution in [2.24, 2.45) is 5.73 Å². The summed E-state index contributed by atoms with van der Waals surface area (Å²) in [6, 6.07) is 2.73. The second kappa shape index (κ2) is 4.01. The first-order chi connectivity index (χ1) is 6.02. The largest absolute Gasteiger partial charge is 0.480 e. The van der Waals surface area contributed by atoms with E-state index in [1.54, 1.807) is 0 Å². The van der Waals surface area contributed by atoms with Gasteiger partial charge >= 0.3 is 5.97 Å². The minimum atomic E-state index is -1.16. The van der Waals surface area contributed by atoms with Crippen LogP contribution in [0.4, 0.5) is 4.39 Å². The van der Waals surface area contributed by atoms with Crippen LogP contribution in [-0.4, -0.2) is 11.1 Å². The SMILES string of the molecule is N[C@H](C(=O)O)c1cc(F)ccc1I. The van der Waals surface area contributed by atoms with Gasteiger partial charge in [0.1, 0.15) is 11.9 Å². The van der Waals surface area contributed by atoms with Crippen molar-refractivity contribution in [2.45, 2.75) is 6.04 Å². The van der Waals surface area contributed by atoms with E-state index in [1.807, 2.05) is 22.6 Å². The van der Waals surface area contributed by atoms with Gasteiger partial charge in [0.15, 0.2) is 0 Å². The molecule has 5 heteroatoms. The quantitative estimate of drug-likeness (QED) is 0.813. The Balaban J connectivity index is 3.12. The molecule has 0 spiro atoms. The fourth-order valence-corrected chi connectivity index (χ4v) is 1.56. The van der Waals surface area contributed by atoms with Crippen molar-refractivity contribution in [1.29, 1.82) is 0 Å². The van der Waals surface area contributed by atoms with Gasteiger partial charge in [-0.05, 0) is 46.4 Å². The number of nitrogens with two attached hydrogens (primary N) is 1. The van der Waals surface area contributed by atoms with E-state index in [9.17, 15) is 9.18 Å². The van der Waals surface area contributed by atoms with E-state index < -0.39 is 17.8 Å². The van der Waals surface area contributed by atoms with Gasteiger partial charge in [0.05, 0.1) is 0 Å². The van der Waals surface area contributed by atoms with Gasteiger partial charge in [0, 0.05) is 3.57 Å². The van der Waals surface area contributed by atoms with E-state index in [4.69, 9.17) is 10.8 Å². The highest BCUT2D eigenvalue weighted by atomic mass is 127. The summed E-state index contributed by atoms with van der Waals surface area (Å²) >= 11 is 1.92. The van der Waals surface area contributed by atoms with E-state index in [-0.39, 0.29) is 0 Å². The number of benzene rings is 1. The first-order valence-corrected chi connectivity index (χ1v) is 4.53. The number of carboxylic acids is 1. The summed E-state index contributed by atoms with van der Waals surface area (Å²) < 4.78 is 13.4. The molecule has 1 aromatic carbocycles. The van der Waals surface area contributed by atoms with Crippen LogP contribution in [0.5, 0.6) is 0 Å². The monoisotopic (exact) mass is 295 g/mol. The molecule has 0 fully saturated rings. The Bertz CT molecular complexity index is 343. The minimum absolute atomic E-state index is 0.299. The molecule has 3 nitrogen and oxygen atoms in total. The summed E-state index contributed by atoms with van der Waals surface area (Å²) in [5.74, 6) is -1.64. The predicted molar refractivity (Wildman–Crippen MR) is 53.7 cm³/mol. The highest BCUT2D eigenvalue weighted by Gasteiger charge is 2.17. The topological polar surface area (TPSA) is 63.3 Å². The standard InChI is InChI=1S/C8H7FINO2/c9-4-1-2-6(10)5(3-4)7(11)8(12)13/h1-3,7H,11H2,(H,12,13)/t7-/m0/s1. The molecule has 70 valence electrons. The Morgan fingerprint density at radius 3 is 2.77 bits per heavy atom. The van der Waals surface area contributed by atoms with Crippen molar-refractivity contribution in [3.05, 3.63) is 33.1 Å². The average molecular weight is 295 g/mol. The second-order valence-corrected chi connectivity index (χ2v) is 3.64. The number of hydrogen-bond donors (Lipinski definition) is 2. The second-order valence-electron chi connectivity index (χ2n) is 2.48. The van der Waals surface area contributed by atoms with Crippen LogP contribution in [0.1, 0.15) is 11.6 Å². The summed E-state index contributed by atoms with van der Waals surface area (Å²) in [4.78, 5) is 10.5. The van der Waals surface area contributed by atoms with Gasteiger partial charge in [-0.15, -0.1) is 0 Å². The lowest BCUT2D eigenvalue weighted by molar-refractivity contribution is -0.138. The van der Waals surface area contributed by atoms with Gasteiger partial charge < -0.3 is 10.8 Å². The minimum Gasteiger partial charge on any atom is -0.480 e. The van der Waals surface area contributed by atoms with Crippen LogP contribution in [0.3, 0.4) is 0 Å². The van der Waals surface area contributed by atoms with E-state index >= 15 is 0 Å². The van der Waals surface area contributed by atoms with Crippen molar-refractivity contribution in [1.82, 2.24) is 0 Å². The lowest BCUT2D eigenvalue weighted by atomic mass is 10.1. The normalized spacial score (nSPS) is 12.5. The molecule has 0 unspecified atom stereocenters. The van der Waals surface area contributed by atoms with Crippen LogP contribution in [0.25, 0.3) is 0 Å². The molecule has 1 aromatic rings. The fourth-order valence-electron chi connectivity index (χ4n) is 0.886. The van der Waals surface area contributed by atoms with Crippen molar-refractivity contribution in [3.8, 4) is 0 Å². The molecule has 3 N–H and O–H groups in total. The molecular formula is C8H7FINO2. The fraction of sp³-hybridized carbons (Fsp3) is 0.125. The molecule has 0 aliphatic heterocycles. The molecule has 0 aromatic heterocycles. The summed E-state index contributed by atoms with van der Waals surface area (Å²) in [6.07, 6.45) is 0. The zero-order chi connectivity index (χ0) is 10.0. The molecule has 0 saturated heterocycles. The lowest BCUT2D eigenvalue weighted by Gasteiger charge is -2.08. The maximum absolute atomic E-state index is 12.7. The van der Waals surface area contributed by atoms with Crippen molar-refractivity contribution in [3.63, 3.8) is 0 Å². The maximum atomic E-state index is 12.7. The third-order valence-electron chi connectivity index (χ3n) is 1.56. The molecule has 0 radical (unpaired) electrons. The highest BCUT2D eigenvalue weighted by Crippen LogP contribution is 2.19. The van der Waals surface area contributed by atoms with E-state index in [0.29, 0.717) is 9.13 Å². The van der Waals surface area contributed by atoms with E-state index in [1.165, 1.54) is 12.1 Å². The molecule has 0 aliphatic carbocycles. The summed E-state index contributed by atoms with van der Waals surface area (Å²) in [5, 5.41) is 8.60. The van der Waals surface area contributed by atoms with Crippen LogP contribution in [0.2, 0.25) is 0 Å². The van der Waals surface area contributed by atoms with Gasteiger partial charge in [-0.3, -0.25) is 4.79 Å². The molecule has 1 rings (SSSR count). The number of carbonyl (C=O) groups is 1. The van der Waals surface area contributed by atoms with Gasteiger partial charge in [0.25, 0.3) is 0 Å². The maximum Gasteiger partial charge on any atom is 0.325 e. The Kier molecular flexibility index (Phi) is 3.21. The van der Waals surface area contributed by atoms with Gasteiger partial charge in [0.2, 0.25) is 0 Å². The summed E-state index contributed by atoms with van der Waals surface area (Å²) in [5.41, 5.74) is 5.64. The Labute approximate surface area is 87.9 Å². The first-order valence-electron chi connectivity index (χ1n) is 3.45. The molecule has 0 aliphatic rings. The molecular weight excluding hydrogens is 288 g/mol. The number of hydrogen-bond acceptors (Lipinski definition) is 2. The zero-order valence-corrected chi connectivity index (χ0v) is 8.66.